The molecule has 5 nitrogen and oxygen atoms in total. The Labute approximate surface area is 118 Å². The summed E-state index contributed by atoms with van der Waals surface area (Å²) in [5.41, 5.74) is 0.659. The number of aliphatic carboxylic acids is 1. The Bertz CT molecular complexity index is 655. The van der Waals surface area contributed by atoms with Gasteiger partial charge in [0.05, 0.1) is 16.5 Å². The number of carbonyl (C=O) groups is 1. The van der Waals surface area contributed by atoms with E-state index in [1.165, 1.54) is 6.26 Å². The average Bonchev–Trinajstić information content (AvgIpc) is 2.95. The molecule has 3 atom stereocenters. The van der Waals surface area contributed by atoms with Crippen LogP contribution in [0.5, 0.6) is 0 Å². The van der Waals surface area contributed by atoms with Gasteiger partial charge >= 0.3 is 5.97 Å². The summed E-state index contributed by atoms with van der Waals surface area (Å²) in [7, 11) is -3.32. The van der Waals surface area contributed by atoms with E-state index < -0.39 is 15.8 Å². The predicted octanol–water partition coefficient (Wildman–Crippen LogP) is 1.53. The molecular formula is C14H17NO4S. The van der Waals surface area contributed by atoms with Crippen LogP contribution in [0.2, 0.25) is 0 Å². The molecule has 0 amide bonds. The lowest BCUT2D eigenvalue weighted by Crippen LogP contribution is -2.33. The Morgan fingerprint density at radius 3 is 2.60 bits per heavy atom. The number of nitrogens with zero attached hydrogens (tertiary/aromatic N) is 1. The summed E-state index contributed by atoms with van der Waals surface area (Å²) in [6, 6.07) is 6.94. The van der Waals surface area contributed by atoms with Crippen LogP contribution in [-0.4, -0.2) is 37.8 Å². The second kappa shape index (κ2) is 4.48. The lowest BCUT2D eigenvalue weighted by Gasteiger charge is -2.27. The molecule has 0 radical (unpaired) electrons. The summed E-state index contributed by atoms with van der Waals surface area (Å²) in [4.78, 5) is 13.6. The van der Waals surface area contributed by atoms with Crippen molar-refractivity contribution in [2.45, 2.75) is 36.2 Å². The fourth-order valence-corrected chi connectivity index (χ4v) is 4.49. The molecule has 2 heterocycles. The normalized spacial score (nSPS) is 28.9. The summed E-state index contributed by atoms with van der Waals surface area (Å²) in [6.07, 6.45) is 3.56. The molecule has 3 rings (SSSR count). The van der Waals surface area contributed by atoms with Crippen molar-refractivity contribution in [2.24, 2.45) is 5.92 Å². The molecule has 20 heavy (non-hydrogen) atoms. The van der Waals surface area contributed by atoms with E-state index in [2.05, 4.69) is 0 Å². The molecule has 0 saturated carbocycles. The monoisotopic (exact) mass is 295 g/mol. The zero-order valence-electron chi connectivity index (χ0n) is 11.2. The van der Waals surface area contributed by atoms with Gasteiger partial charge in [-0.1, -0.05) is 12.1 Å². The SMILES string of the molecule is CS(=O)(=O)c1ccccc1N1C2CCC1C(C(=O)O)C2. The third-order valence-corrected chi connectivity index (χ3v) is 5.54. The van der Waals surface area contributed by atoms with E-state index in [0.717, 1.165) is 12.8 Å². The molecule has 2 saturated heterocycles. The van der Waals surface area contributed by atoms with Gasteiger partial charge in [-0.2, -0.15) is 0 Å². The Hall–Kier alpha value is -1.56. The predicted molar refractivity (Wildman–Crippen MR) is 74.6 cm³/mol. The highest BCUT2D eigenvalue weighted by Crippen LogP contribution is 2.46. The van der Waals surface area contributed by atoms with Crippen molar-refractivity contribution in [3.8, 4) is 0 Å². The van der Waals surface area contributed by atoms with Gasteiger partial charge in [0.2, 0.25) is 0 Å². The fraction of sp³-hybridized carbons (Fsp3) is 0.500. The lowest BCUT2D eigenvalue weighted by molar-refractivity contribution is -0.142. The second-order valence-corrected chi connectivity index (χ2v) is 7.61. The molecular weight excluding hydrogens is 278 g/mol. The maximum atomic E-state index is 11.9. The number of sulfone groups is 1. The molecule has 6 heteroatoms. The minimum Gasteiger partial charge on any atom is -0.481 e. The van der Waals surface area contributed by atoms with Gasteiger partial charge in [0.15, 0.2) is 9.84 Å². The van der Waals surface area contributed by atoms with Gasteiger partial charge in [0.1, 0.15) is 0 Å². The minimum atomic E-state index is -3.32. The Balaban J connectivity index is 2.06. The molecule has 3 unspecified atom stereocenters. The van der Waals surface area contributed by atoms with E-state index >= 15 is 0 Å². The van der Waals surface area contributed by atoms with Crippen LogP contribution in [0.3, 0.4) is 0 Å². The van der Waals surface area contributed by atoms with Gasteiger partial charge < -0.3 is 10.0 Å². The second-order valence-electron chi connectivity index (χ2n) is 5.63. The van der Waals surface area contributed by atoms with Gasteiger partial charge in [-0.25, -0.2) is 8.42 Å². The van der Waals surface area contributed by atoms with Crippen molar-refractivity contribution in [1.29, 1.82) is 0 Å². The number of carboxylic acids is 1. The number of rotatable bonds is 3. The van der Waals surface area contributed by atoms with Crippen molar-refractivity contribution in [2.75, 3.05) is 11.2 Å². The first-order valence-corrected chi connectivity index (χ1v) is 8.59. The van der Waals surface area contributed by atoms with Gasteiger partial charge in [0.25, 0.3) is 0 Å². The summed E-state index contributed by atoms with van der Waals surface area (Å²) in [6.45, 7) is 0. The van der Waals surface area contributed by atoms with Gasteiger partial charge in [0, 0.05) is 18.3 Å². The summed E-state index contributed by atoms with van der Waals surface area (Å²) in [5, 5.41) is 9.28. The van der Waals surface area contributed by atoms with Crippen molar-refractivity contribution >= 4 is 21.5 Å². The molecule has 108 valence electrons. The third-order valence-electron chi connectivity index (χ3n) is 4.40. The molecule has 0 spiro atoms. The molecule has 0 aliphatic carbocycles. The molecule has 2 aliphatic heterocycles. The van der Waals surface area contributed by atoms with E-state index in [9.17, 15) is 18.3 Å². The van der Waals surface area contributed by atoms with Crippen LogP contribution in [0.25, 0.3) is 0 Å². The molecule has 2 fully saturated rings. The highest BCUT2D eigenvalue weighted by Gasteiger charge is 2.50. The number of benzene rings is 1. The molecule has 1 N–H and O–H groups in total. The van der Waals surface area contributed by atoms with Crippen LogP contribution >= 0.6 is 0 Å². The third kappa shape index (κ3) is 1.98. The van der Waals surface area contributed by atoms with Crippen molar-refractivity contribution < 1.29 is 18.3 Å². The largest absolute Gasteiger partial charge is 0.481 e. The highest BCUT2D eigenvalue weighted by atomic mass is 32.2. The number of hydrogen-bond donors (Lipinski definition) is 1. The number of fused-ring (bicyclic) bond motifs is 2. The summed E-state index contributed by atoms with van der Waals surface area (Å²) < 4.78 is 23.8. The average molecular weight is 295 g/mol. The highest BCUT2D eigenvalue weighted by molar-refractivity contribution is 7.90. The first kappa shape index (κ1) is 13.4. The van der Waals surface area contributed by atoms with E-state index in [1.54, 1.807) is 24.3 Å². The maximum absolute atomic E-state index is 11.9. The van der Waals surface area contributed by atoms with E-state index in [1.807, 2.05) is 4.90 Å². The summed E-state index contributed by atoms with van der Waals surface area (Å²) >= 11 is 0. The maximum Gasteiger partial charge on any atom is 0.308 e. The summed E-state index contributed by atoms with van der Waals surface area (Å²) in [5.74, 6) is -1.17. The van der Waals surface area contributed by atoms with E-state index in [-0.39, 0.29) is 18.0 Å². The zero-order valence-corrected chi connectivity index (χ0v) is 12.0. The Kier molecular flexibility index (Phi) is 3.01. The molecule has 0 aromatic heterocycles. The van der Waals surface area contributed by atoms with Crippen molar-refractivity contribution in [3.05, 3.63) is 24.3 Å². The van der Waals surface area contributed by atoms with Crippen LogP contribution in [0.15, 0.2) is 29.2 Å². The number of carboxylic acid groups (broad SMARTS) is 1. The fourth-order valence-electron chi connectivity index (χ4n) is 3.61. The molecule has 1 aromatic carbocycles. The topological polar surface area (TPSA) is 74.7 Å². The first-order valence-electron chi connectivity index (χ1n) is 6.70. The van der Waals surface area contributed by atoms with E-state index in [0.29, 0.717) is 17.0 Å². The standard InChI is InChI=1S/C14H17NO4S/c1-20(18,19)13-5-3-2-4-12(13)15-9-6-7-11(15)10(8-9)14(16)17/h2-5,9-11H,6-8H2,1H3,(H,16,17). The Morgan fingerprint density at radius 2 is 2.00 bits per heavy atom. The van der Waals surface area contributed by atoms with Crippen LogP contribution in [0.1, 0.15) is 19.3 Å². The first-order chi connectivity index (χ1) is 9.39. The van der Waals surface area contributed by atoms with Crippen LogP contribution in [0, 0.1) is 5.92 Å². The van der Waals surface area contributed by atoms with Gasteiger partial charge in [-0.3, -0.25) is 4.79 Å². The zero-order chi connectivity index (χ0) is 14.5. The number of para-hydroxylation sites is 1. The molecule has 2 aliphatic rings. The van der Waals surface area contributed by atoms with Gasteiger partial charge in [-0.15, -0.1) is 0 Å². The number of anilines is 1. The van der Waals surface area contributed by atoms with Crippen LogP contribution in [-0.2, 0) is 14.6 Å². The van der Waals surface area contributed by atoms with Crippen LogP contribution in [0.4, 0.5) is 5.69 Å². The van der Waals surface area contributed by atoms with Crippen LogP contribution < -0.4 is 4.90 Å². The number of hydrogen-bond acceptors (Lipinski definition) is 4. The van der Waals surface area contributed by atoms with Gasteiger partial charge in [-0.05, 0) is 31.4 Å². The smallest absolute Gasteiger partial charge is 0.308 e. The quantitative estimate of drug-likeness (QED) is 0.915. The minimum absolute atomic E-state index is 0.0830. The van der Waals surface area contributed by atoms with Crippen molar-refractivity contribution in [1.82, 2.24) is 0 Å². The van der Waals surface area contributed by atoms with E-state index in [4.69, 9.17) is 0 Å². The lowest BCUT2D eigenvalue weighted by atomic mass is 9.89. The van der Waals surface area contributed by atoms with Crippen molar-refractivity contribution in [3.63, 3.8) is 0 Å². The Morgan fingerprint density at radius 1 is 1.30 bits per heavy atom. The molecule has 1 aromatic rings. The molecule has 2 bridgehead atoms.